The van der Waals surface area contributed by atoms with Gasteiger partial charge in [0.05, 0.1) is 5.84 Å². The average Bonchev–Trinajstić information content (AvgIpc) is 2.03. The van der Waals surface area contributed by atoms with Crippen molar-refractivity contribution in [2.24, 2.45) is 0 Å². The highest BCUT2D eigenvalue weighted by Crippen LogP contribution is 1.94. The Bertz CT molecular complexity index is 128. The van der Waals surface area contributed by atoms with Gasteiger partial charge in [-0.15, -0.1) is 0 Å². The standard InChI is InChI=1S/C9H21N3/c1-5-12(6-2)9(10)7-8-11(3)4/h10H,5-8H2,1-4H3. The van der Waals surface area contributed by atoms with Crippen molar-refractivity contribution in [2.45, 2.75) is 20.3 Å². The summed E-state index contributed by atoms with van der Waals surface area (Å²) in [6.45, 7) is 7.04. The summed E-state index contributed by atoms with van der Waals surface area (Å²) in [5.41, 5.74) is 0. The van der Waals surface area contributed by atoms with Crippen LogP contribution >= 0.6 is 0 Å². The van der Waals surface area contributed by atoms with Crippen LogP contribution in [0.1, 0.15) is 20.3 Å². The van der Waals surface area contributed by atoms with Crippen LogP contribution in [0.3, 0.4) is 0 Å². The van der Waals surface area contributed by atoms with Gasteiger partial charge in [-0.3, -0.25) is 5.41 Å². The molecule has 0 saturated carbocycles. The molecule has 0 amide bonds. The molecule has 1 N–H and O–H groups in total. The molecule has 0 spiro atoms. The number of hydrogen-bond acceptors (Lipinski definition) is 2. The summed E-state index contributed by atoms with van der Waals surface area (Å²) in [4.78, 5) is 4.20. The van der Waals surface area contributed by atoms with E-state index in [4.69, 9.17) is 5.41 Å². The molecule has 0 atom stereocenters. The molecule has 0 saturated heterocycles. The molecular formula is C9H21N3. The fraction of sp³-hybridized carbons (Fsp3) is 0.889. The third kappa shape index (κ3) is 4.34. The van der Waals surface area contributed by atoms with Gasteiger partial charge in [0, 0.05) is 26.1 Å². The van der Waals surface area contributed by atoms with E-state index in [1.54, 1.807) is 0 Å². The average molecular weight is 171 g/mol. The zero-order chi connectivity index (χ0) is 9.56. The molecule has 0 radical (unpaired) electrons. The van der Waals surface area contributed by atoms with Crippen LogP contribution in [0.2, 0.25) is 0 Å². The first kappa shape index (κ1) is 11.4. The van der Waals surface area contributed by atoms with Gasteiger partial charge < -0.3 is 9.80 Å². The molecule has 0 aliphatic rings. The number of rotatable bonds is 5. The van der Waals surface area contributed by atoms with Gasteiger partial charge >= 0.3 is 0 Å². The Hall–Kier alpha value is -0.570. The van der Waals surface area contributed by atoms with E-state index in [1.807, 2.05) is 14.1 Å². The fourth-order valence-electron chi connectivity index (χ4n) is 1.09. The van der Waals surface area contributed by atoms with Gasteiger partial charge in [0.15, 0.2) is 0 Å². The Morgan fingerprint density at radius 1 is 1.17 bits per heavy atom. The molecule has 0 bridgehead atoms. The first-order valence-corrected chi connectivity index (χ1v) is 4.58. The predicted molar refractivity (Wildman–Crippen MR) is 53.8 cm³/mol. The summed E-state index contributed by atoms with van der Waals surface area (Å²) in [6.07, 6.45) is 0.856. The molecule has 0 aromatic carbocycles. The molecular weight excluding hydrogens is 150 g/mol. The van der Waals surface area contributed by atoms with E-state index in [-0.39, 0.29) is 0 Å². The molecule has 0 fully saturated rings. The van der Waals surface area contributed by atoms with Crippen LogP contribution in [0.4, 0.5) is 0 Å². The van der Waals surface area contributed by atoms with E-state index < -0.39 is 0 Å². The molecule has 0 aliphatic carbocycles. The van der Waals surface area contributed by atoms with Crippen LogP contribution in [-0.2, 0) is 0 Å². The van der Waals surface area contributed by atoms with Crippen molar-refractivity contribution >= 4 is 5.84 Å². The fourth-order valence-corrected chi connectivity index (χ4v) is 1.09. The van der Waals surface area contributed by atoms with Crippen molar-refractivity contribution in [3.05, 3.63) is 0 Å². The van der Waals surface area contributed by atoms with Crippen molar-refractivity contribution in [3.8, 4) is 0 Å². The molecule has 0 unspecified atom stereocenters. The van der Waals surface area contributed by atoms with E-state index in [0.717, 1.165) is 31.9 Å². The molecule has 0 aliphatic heterocycles. The summed E-state index contributed by atoms with van der Waals surface area (Å²) in [6, 6.07) is 0. The maximum Gasteiger partial charge on any atom is 0.0970 e. The zero-order valence-corrected chi connectivity index (χ0v) is 8.72. The minimum Gasteiger partial charge on any atom is -0.361 e. The highest BCUT2D eigenvalue weighted by molar-refractivity contribution is 5.79. The minimum atomic E-state index is 0.758. The Kier molecular flexibility index (Phi) is 5.72. The number of nitrogens with one attached hydrogen (secondary N) is 1. The molecule has 12 heavy (non-hydrogen) atoms. The summed E-state index contributed by atoms with van der Waals surface area (Å²) in [5, 5.41) is 7.74. The van der Waals surface area contributed by atoms with Crippen molar-refractivity contribution < 1.29 is 0 Å². The van der Waals surface area contributed by atoms with Crippen molar-refractivity contribution in [1.29, 1.82) is 5.41 Å². The van der Waals surface area contributed by atoms with Crippen LogP contribution in [0.25, 0.3) is 0 Å². The molecule has 0 aromatic rings. The number of hydrogen-bond donors (Lipinski definition) is 1. The van der Waals surface area contributed by atoms with E-state index in [2.05, 4.69) is 23.6 Å². The van der Waals surface area contributed by atoms with Gasteiger partial charge in [0.25, 0.3) is 0 Å². The van der Waals surface area contributed by atoms with Crippen LogP contribution in [-0.4, -0.2) is 49.4 Å². The molecule has 0 heterocycles. The SMILES string of the molecule is CCN(CC)C(=N)CCN(C)C. The van der Waals surface area contributed by atoms with Gasteiger partial charge in [-0.2, -0.15) is 0 Å². The molecule has 0 aromatic heterocycles. The lowest BCUT2D eigenvalue weighted by Gasteiger charge is -2.22. The predicted octanol–water partition coefficient (Wildman–Crippen LogP) is 1.26. The maximum atomic E-state index is 7.74. The summed E-state index contributed by atoms with van der Waals surface area (Å²) < 4.78 is 0. The Balaban J connectivity index is 3.69. The lowest BCUT2D eigenvalue weighted by molar-refractivity contribution is 0.397. The van der Waals surface area contributed by atoms with Crippen LogP contribution in [0.5, 0.6) is 0 Å². The number of nitrogens with zero attached hydrogens (tertiary/aromatic N) is 2. The quantitative estimate of drug-likeness (QED) is 0.498. The van der Waals surface area contributed by atoms with E-state index in [0.29, 0.717) is 0 Å². The second kappa shape index (κ2) is 6.00. The Labute approximate surface area is 75.9 Å². The van der Waals surface area contributed by atoms with E-state index in [1.165, 1.54) is 0 Å². The smallest absolute Gasteiger partial charge is 0.0970 e. The molecule has 3 nitrogen and oxygen atoms in total. The van der Waals surface area contributed by atoms with Crippen LogP contribution in [0, 0.1) is 5.41 Å². The van der Waals surface area contributed by atoms with Gasteiger partial charge in [0.1, 0.15) is 0 Å². The summed E-state index contributed by atoms with van der Waals surface area (Å²) in [7, 11) is 4.07. The van der Waals surface area contributed by atoms with Crippen LogP contribution in [0.15, 0.2) is 0 Å². The monoisotopic (exact) mass is 171 g/mol. The highest BCUT2D eigenvalue weighted by atomic mass is 15.2. The Morgan fingerprint density at radius 2 is 1.67 bits per heavy atom. The highest BCUT2D eigenvalue weighted by Gasteiger charge is 2.04. The largest absolute Gasteiger partial charge is 0.361 e. The zero-order valence-electron chi connectivity index (χ0n) is 8.72. The number of amidine groups is 1. The van der Waals surface area contributed by atoms with Gasteiger partial charge in [-0.1, -0.05) is 0 Å². The molecule has 72 valence electrons. The maximum absolute atomic E-state index is 7.74. The molecule has 3 heteroatoms. The third-order valence-corrected chi connectivity index (χ3v) is 1.94. The second-order valence-electron chi connectivity index (χ2n) is 3.17. The lowest BCUT2D eigenvalue weighted by atomic mass is 10.3. The van der Waals surface area contributed by atoms with E-state index in [9.17, 15) is 0 Å². The van der Waals surface area contributed by atoms with Gasteiger partial charge in [0.2, 0.25) is 0 Å². The lowest BCUT2D eigenvalue weighted by Crippen LogP contribution is -2.32. The van der Waals surface area contributed by atoms with E-state index >= 15 is 0 Å². The first-order chi connectivity index (χ1) is 5.61. The molecule has 0 rings (SSSR count). The van der Waals surface area contributed by atoms with Crippen molar-refractivity contribution in [2.75, 3.05) is 33.7 Å². The topological polar surface area (TPSA) is 30.3 Å². The first-order valence-electron chi connectivity index (χ1n) is 4.58. The third-order valence-electron chi connectivity index (χ3n) is 1.94. The van der Waals surface area contributed by atoms with Crippen molar-refractivity contribution in [3.63, 3.8) is 0 Å². The second-order valence-corrected chi connectivity index (χ2v) is 3.17. The minimum absolute atomic E-state index is 0.758. The normalized spacial score (nSPS) is 10.4. The summed E-state index contributed by atoms with van der Waals surface area (Å²) in [5.74, 6) is 0.758. The van der Waals surface area contributed by atoms with Gasteiger partial charge in [-0.05, 0) is 27.9 Å². The van der Waals surface area contributed by atoms with Crippen LogP contribution < -0.4 is 0 Å². The van der Waals surface area contributed by atoms with Gasteiger partial charge in [-0.25, -0.2) is 0 Å². The van der Waals surface area contributed by atoms with Crippen molar-refractivity contribution in [1.82, 2.24) is 9.80 Å². The summed E-state index contributed by atoms with van der Waals surface area (Å²) >= 11 is 0. The Morgan fingerprint density at radius 3 is 2.00 bits per heavy atom.